The monoisotopic (exact) mass is 517 g/mol. The first-order chi connectivity index (χ1) is 14.6. The summed E-state index contributed by atoms with van der Waals surface area (Å²) in [5.74, 6) is 2.73. The lowest BCUT2D eigenvalue weighted by atomic mass is 9.50. The van der Waals surface area contributed by atoms with Gasteiger partial charge < -0.3 is 19.9 Å². The third-order valence-corrected chi connectivity index (χ3v) is 9.10. The Labute approximate surface area is 194 Å². The maximum Gasteiger partial charge on any atom is 0.409 e. The molecule has 0 aromatic carbocycles. The summed E-state index contributed by atoms with van der Waals surface area (Å²) >= 11 is 3.52. The summed E-state index contributed by atoms with van der Waals surface area (Å²) in [4.78, 5) is 40.4. The molecule has 4 aliphatic carbocycles. The minimum Gasteiger partial charge on any atom is -0.449 e. The number of halogens is 1. The third kappa shape index (κ3) is 5.89. The van der Waals surface area contributed by atoms with Gasteiger partial charge in [-0.25, -0.2) is 4.79 Å². The minimum atomic E-state index is -1.12. The van der Waals surface area contributed by atoms with Gasteiger partial charge in [0.1, 0.15) is 0 Å². The number of nitrogens with one attached hydrogen (secondary N) is 1. The van der Waals surface area contributed by atoms with Crippen molar-refractivity contribution >= 4 is 41.2 Å². The molecule has 0 radical (unpaired) electrons. The molecule has 1 aliphatic heterocycles. The van der Waals surface area contributed by atoms with Crippen LogP contribution < -0.4 is 5.32 Å². The summed E-state index contributed by atoms with van der Waals surface area (Å²) in [5.41, 5.74) is 0.228. The lowest BCUT2D eigenvalue weighted by Crippen LogP contribution is -2.53. The second-order valence-electron chi connectivity index (χ2n) is 10.7. The van der Waals surface area contributed by atoms with Crippen LogP contribution in [0.5, 0.6) is 0 Å². The highest BCUT2D eigenvalue weighted by Crippen LogP contribution is 2.60. The first kappa shape index (κ1) is 23.2. The topological polar surface area (TPSA) is 79.0 Å². The van der Waals surface area contributed by atoms with E-state index in [4.69, 9.17) is 4.74 Å². The summed E-state index contributed by atoms with van der Waals surface area (Å²) in [5, 5.41) is 2.71. The number of carbonyl (C=O) groups excluding carboxylic acids is 3. The lowest BCUT2D eigenvalue weighted by Gasteiger charge is -2.56. The molecule has 9 heteroatoms. The Kier molecular flexibility index (Phi) is 6.83. The molecule has 7 nitrogen and oxygen atoms in total. The highest BCUT2D eigenvalue weighted by atomic mass is 79.9. The number of carbonyl (C=O) groups is 3. The Morgan fingerprint density at radius 1 is 0.968 bits per heavy atom. The van der Waals surface area contributed by atoms with Gasteiger partial charge in [0.2, 0.25) is 11.8 Å². The molecule has 5 rings (SSSR count). The van der Waals surface area contributed by atoms with Gasteiger partial charge in [-0.1, -0.05) is 0 Å². The van der Waals surface area contributed by atoms with Crippen molar-refractivity contribution in [1.82, 2.24) is 15.1 Å². The normalized spacial score (nSPS) is 32.7. The van der Waals surface area contributed by atoms with Crippen molar-refractivity contribution in [3.8, 4) is 0 Å². The smallest absolute Gasteiger partial charge is 0.409 e. The van der Waals surface area contributed by atoms with Gasteiger partial charge >= 0.3 is 6.09 Å². The predicted octanol–water partition coefficient (Wildman–Crippen LogP) is 2.97. The van der Waals surface area contributed by atoms with Crippen LogP contribution in [0, 0.1) is 23.2 Å². The molecule has 0 atom stereocenters. The van der Waals surface area contributed by atoms with Crippen molar-refractivity contribution < 1.29 is 19.1 Å². The Balaban J connectivity index is 1.17. The average Bonchev–Trinajstić information content (AvgIpc) is 2.68. The fourth-order valence-corrected chi connectivity index (χ4v) is 7.91. The summed E-state index contributed by atoms with van der Waals surface area (Å²) in [6.07, 6.45) is 11.6. The molecule has 5 fully saturated rings. The zero-order valence-corrected chi connectivity index (χ0v) is 21.1. The zero-order chi connectivity index (χ0) is 22.2. The molecular weight excluding hydrogens is 482 g/mol. The van der Waals surface area contributed by atoms with E-state index in [1.807, 2.05) is 12.5 Å². The van der Waals surface area contributed by atoms with Crippen LogP contribution in [0.1, 0.15) is 38.5 Å². The second-order valence-corrected chi connectivity index (χ2v) is 19.0. The van der Waals surface area contributed by atoms with E-state index >= 15 is 0 Å². The predicted molar refractivity (Wildman–Crippen MR) is 126 cm³/mol. The standard InChI is InChI=1S/C22H36BrN3O4S/c1-31(2,23)14-19(27)24-13-20(28)25-3-5-26(6-4-25)21(29)30-15-22-10-16-7-17(11-22)9-18(8-16)12-22/h16-18H,3-15H2,1-2H3,(H,24,27). The first-order valence-electron chi connectivity index (χ1n) is 11.5. The summed E-state index contributed by atoms with van der Waals surface area (Å²) < 4.78 is 5.81. The van der Waals surface area contributed by atoms with Crippen LogP contribution in [0.2, 0.25) is 0 Å². The maximum absolute atomic E-state index is 12.7. The molecule has 1 N–H and O–H groups in total. The number of nitrogens with zero attached hydrogens (tertiary/aromatic N) is 2. The largest absolute Gasteiger partial charge is 0.449 e. The summed E-state index contributed by atoms with van der Waals surface area (Å²) in [7, 11) is -1.12. The van der Waals surface area contributed by atoms with E-state index in [-0.39, 0.29) is 29.9 Å². The number of rotatable bonds is 6. The molecule has 5 aliphatic rings. The van der Waals surface area contributed by atoms with E-state index in [0.29, 0.717) is 38.5 Å². The van der Waals surface area contributed by atoms with Crippen LogP contribution in [0.3, 0.4) is 0 Å². The SMILES string of the molecule is CS(C)(Br)CC(=O)NCC(=O)N1CCN(C(=O)OCC23CC4CC(CC(C4)C2)C3)CC1. The van der Waals surface area contributed by atoms with Gasteiger partial charge in [0.25, 0.3) is 0 Å². The Bertz CT molecular complexity index is 683. The van der Waals surface area contributed by atoms with Crippen molar-refractivity contribution in [2.24, 2.45) is 23.2 Å². The number of hydrogen-bond acceptors (Lipinski definition) is 4. The molecule has 3 amide bonds. The van der Waals surface area contributed by atoms with E-state index in [1.165, 1.54) is 38.5 Å². The number of amides is 3. The molecule has 0 aromatic rings. The maximum atomic E-state index is 12.7. The van der Waals surface area contributed by atoms with E-state index < -0.39 is 8.46 Å². The van der Waals surface area contributed by atoms with Gasteiger partial charge in [-0.15, -0.1) is 0 Å². The lowest BCUT2D eigenvalue weighted by molar-refractivity contribution is -0.133. The zero-order valence-electron chi connectivity index (χ0n) is 18.7. The average molecular weight is 519 g/mol. The fourth-order valence-electron chi connectivity index (χ4n) is 6.56. The molecule has 4 saturated carbocycles. The molecule has 0 aromatic heterocycles. The Morgan fingerprint density at radius 2 is 1.48 bits per heavy atom. The number of ether oxygens (including phenoxy) is 1. The molecule has 1 saturated heterocycles. The Hall–Kier alpha value is -0.960. The van der Waals surface area contributed by atoms with E-state index in [1.54, 1.807) is 9.80 Å². The van der Waals surface area contributed by atoms with Crippen LogP contribution in [0.4, 0.5) is 4.79 Å². The molecular formula is C22H36BrN3O4S. The molecule has 31 heavy (non-hydrogen) atoms. The molecule has 0 unspecified atom stereocenters. The molecule has 176 valence electrons. The van der Waals surface area contributed by atoms with Gasteiger partial charge in [-0.05, 0) is 83.6 Å². The Morgan fingerprint density at radius 3 is 2.00 bits per heavy atom. The first-order valence-corrected chi connectivity index (χ1v) is 15.9. The minimum absolute atomic E-state index is 0.0117. The highest BCUT2D eigenvalue weighted by molar-refractivity contribution is 9.58. The van der Waals surface area contributed by atoms with Gasteiger partial charge in [0.15, 0.2) is 0 Å². The van der Waals surface area contributed by atoms with Crippen LogP contribution in [-0.2, 0) is 14.3 Å². The van der Waals surface area contributed by atoms with Gasteiger partial charge in [-0.3, -0.25) is 9.59 Å². The van der Waals surface area contributed by atoms with Crippen LogP contribution >= 0.6 is 23.3 Å². The van der Waals surface area contributed by atoms with Gasteiger partial charge in [0, 0.05) is 31.6 Å². The molecule has 4 bridgehead atoms. The van der Waals surface area contributed by atoms with Crippen molar-refractivity contribution in [1.29, 1.82) is 0 Å². The molecule has 1 heterocycles. The van der Waals surface area contributed by atoms with Crippen molar-refractivity contribution in [2.45, 2.75) is 38.5 Å². The van der Waals surface area contributed by atoms with E-state index in [0.717, 1.165) is 17.8 Å². The van der Waals surface area contributed by atoms with Crippen molar-refractivity contribution in [3.05, 3.63) is 0 Å². The summed E-state index contributed by atoms with van der Waals surface area (Å²) in [6, 6.07) is 0. The highest BCUT2D eigenvalue weighted by Gasteiger charge is 2.51. The van der Waals surface area contributed by atoms with Gasteiger partial charge in [0.05, 0.1) is 18.9 Å². The number of hydrogen-bond donors (Lipinski definition) is 1. The fraction of sp³-hybridized carbons (Fsp3) is 0.864. The summed E-state index contributed by atoms with van der Waals surface area (Å²) in [6.45, 7) is 2.51. The van der Waals surface area contributed by atoms with Crippen LogP contribution in [-0.4, -0.2) is 85.3 Å². The number of piperazine rings is 1. The quantitative estimate of drug-likeness (QED) is 0.587. The van der Waals surface area contributed by atoms with Crippen LogP contribution in [0.15, 0.2) is 0 Å². The van der Waals surface area contributed by atoms with Crippen LogP contribution in [0.25, 0.3) is 0 Å². The van der Waals surface area contributed by atoms with Crippen molar-refractivity contribution in [3.63, 3.8) is 0 Å². The van der Waals surface area contributed by atoms with E-state index in [2.05, 4.69) is 20.1 Å². The van der Waals surface area contributed by atoms with Crippen molar-refractivity contribution in [2.75, 3.05) is 57.6 Å². The second kappa shape index (κ2) is 9.12. The molecule has 0 spiro atoms. The van der Waals surface area contributed by atoms with Gasteiger partial charge in [-0.2, -0.15) is 8.46 Å². The van der Waals surface area contributed by atoms with E-state index in [9.17, 15) is 14.4 Å². The third-order valence-electron chi connectivity index (χ3n) is 7.47.